The fourth-order valence-electron chi connectivity index (χ4n) is 2.66. The van der Waals surface area contributed by atoms with Gasteiger partial charge in [0.15, 0.2) is 0 Å². The zero-order chi connectivity index (χ0) is 16.1. The SMILES string of the molecule is Cc1nc(Cc2ccc(-c3ccccc3)cc2)n(CCCO)n1. The van der Waals surface area contributed by atoms with E-state index in [1.165, 1.54) is 16.7 Å². The first-order chi connectivity index (χ1) is 11.3. The molecule has 118 valence electrons. The Balaban J connectivity index is 1.76. The van der Waals surface area contributed by atoms with E-state index in [2.05, 4.69) is 58.6 Å². The van der Waals surface area contributed by atoms with Gasteiger partial charge in [0.2, 0.25) is 0 Å². The molecule has 0 unspecified atom stereocenters. The van der Waals surface area contributed by atoms with Crippen molar-refractivity contribution in [3.63, 3.8) is 0 Å². The van der Waals surface area contributed by atoms with Crippen LogP contribution in [0.15, 0.2) is 54.6 Å². The molecule has 3 aromatic rings. The summed E-state index contributed by atoms with van der Waals surface area (Å²) < 4.78 is 1.90. The lowest BCUT2D eigenvalue weighted by molar-refractivity contribution is 0.276. The van der Waals surface area contributed by atoms with Crippen LogP contribution < -0.4 is 0 Å². The maximum Gasteiger partial charge on any atom is 0.147 e. The molecule has 23 heavy (non-hydrogen) atoms. The van der Waals surface area contributed by atoms with Gasteiger partial charge in [-0.25, -0.2) is 9.67 Å². The first-order valence-corrected chi connectivity index (χ1v) is 7.92. The van der Waals surface area contributed by atoms with Crippen molar-refractivity contribution in [2.24, 2.45) is 0 Å². The van der Waals surface area contributed by atoms with Gasteiger partial charge < -0.3 is 5.11 Å². The highest BCUT2D eigenvalue weighted by Gasteiger charge is 2.08. The van der Waals surface area contributed by atoms with E-state index in [9.17, 15) is 0 Å². The topological polar surface area (TPSA) is 50.9 Å². The van der Waals surface area contributed by atoms with E-state index in [1.54, 1.807) is 0 Å². The van der Waals surface area contributed by atoms with Crippen LogP contribution >= 0.6 is 0 Å². The average molecular weight is 307 g/mol. The summed E-state index contributed by atoms with van der Waals surface area (Å²) in [4.78, 5) is 4.51. The van der Waals surface area contributed by atoms with Gasteiger partial charge in [-0.05, 0) is 30.0 Å². The minimum atomic E-state index is 0.171. The summed E-state index contributed by atoms with van der Waals surface area (Å²) >= 11 is 0. The molecule has 0 fully saturated rings. The van der Waals surface area contributed by atoms with Crippen molar-refractivity contribution in [1.82, 2.24) is 14.8 Å². The maximum atomic E-state index is 8.99. The maximum absolute atomic E-state index is 8.99. The Kier molecular flexibility index (Phi) is 4.83. The van der Waals surface area contributed by atoms with E-state index in [4.69, 9.17) is 5.11 Å². The van der Waals surface area contributed by atoms with E-state index in [0.29, 0.717) is 13.0 Å². The van der Waals surface area contributed by atoms with Crippen molar-refractivity contribution >= 4 is 0 Å². The number of aliphatic hydroxyl groups is 1. The van der Waals surface area contributed by atoms with Crippen LogP contribution in [0.2, 0.25) is 0 Å². The molecule has 4 nitrogen and oxygen atoms in total. The minimum Gasteiger partial charge on any atom is -0.396 e. The Morgan fingerprint density at radius 2 is 1.65 bits per heavy atom. The molecule has 3 rings (SSSR count). The van der Waals surface area contributed by atoms with Crippen molar-refractivity contribution in [3.8, 4) is 11.1 Å². The van der Waals surface area contributed by atoms with Gasteiger partial charge >= 0.3 is 0 Å². The molecule has 0 amide bonds. The minimum absolute atomic E-state index is 0.171. The first kappa shape index (κ1) is 15.4. The van der Waals surface area contributed by atoms with Crippen LogP contribution in [0.25, 0.3) is 11.1 Å². The van der Waals surface area contributed by atoms with Crippen molar-refractivity contribution in [1.29, 1.82) is 0 Å². The predicted molar refractivity (Wildman–Crippen MR) is 91.1 cm³/mol. The van der Waals surface area contributed by atoms with Crippen LogP contribution in [0.1, 0.15) is 23.6 Å². The van der Waals surface area contributed by atoms with E-state index >= 15 is 0 Å². The Morgan fingerprint density at radius 1 is 0.957 bits per heavy atom. The number of hydrogen-bond donors (Lipinski definition) is 1. The summed E-state index contributed by atoms with van der Waals surface area (Å²) in [5, 5.41) is 13.4. The number of nitrogens with zero attached hydrogens (tertiary/aromatic N) is 3. The summed E-state index contributed by atoms with van der Waals surface area (Å²) in [6, 6.07) is 18.9. The molecule has 0 saturated heterocycles. The molecule has 1 aromatic heterocycles. The van der Waals surface area contributed by atoms with Crippen LogP contribution in [-0.2, 0) is 13.0 Å². The lowest BCUT2D eigenvalue weighted by Crippen LogP contribution is -2.07. The van der Waals surface area contributed by atoms with Gasteiger partial charge in [-0.1, -0.05) is 54.6 Å². The lowest BCUT2D eigenvalue weighted by Gasteiger charge is -2.06. The largest absolute Gasteiger partial charge is 0.396 e. The lowest BCUT2D eigenvalue weighted by atomic mass is 10.0. The van der Waals surface area contributed by atoms with Gasteiger partial charge in [-0.15, -0.1) is 0 Å². The molecule has 0 saturated carbocycles. The monoisotopic (exact) mass is 307 g/mol. The third-order valence-corrected chi connectivity index (χ3v) is 3.81. The molecule has 0 spiro atoms. The Bertz CT molecular complexity index is 748. The number of benzene rings is 2. The fraction of sp³-hybridized carbons (Fsp3) is 0.263. The molecule has 2 aromatic carbocycles. The molecule has 0 aliphatic heterocycles. The fourth-order valence-corrected chi connectivity index (χ4v) is 2.66. The van der Waals surface area contributed by atoms with E-state index in [-0.39, 0.29) is 6.61 Å². The van der Waals surface area contributed by atoms with Gasteiger partial charge in [0.25, 0.3) is 0 Å². The Hall–Kier alpha value is -2.46. The summed E-state index contributed by atoms with van der Waals surface area (Å²) in [6.45, 7) is 2.77. The summed E-state index contributed by atoms with van der Waals surface area (Å²) in [5.74, 6) is 1.72. The molecule has 0 radical (unpaired) electrons. The molecular formula is C19H21N3O. The van der Waals surface area contributed by atoms with E-state index in [1.807, 2.05) is 17.7 Å². The predicted octanol–water partition coefficient (Wildman–Crippen LogP) is 3.23. The number of aryl methyl sites for hydroxylation is 2. The van der Waals surface area contributed by atoms with E-state index < -0.39 is 0 Å². The highest BCUT2D eigenvalue weighted by Crippen LogP contribution is 2.20. The molecule has 0 bridgehead atoms. The molecule has 1 N–H and O–H groups in total. The van der Waals surface area contributed by atoms with Crippen LogP contribution in [-0.4, -0.2) is 26.5 Å². The zero-order valence-electron chi connectivity index (χ0n) is 13.3. The van der Waals surface area contributed by atoms with Crippen LogP contribution in [0.3, 0.4) is 0 Å². The molecular weight excluding hydrogens is 286 g/mol. The standard InChI is InChI=1S/C19H21N3O/c1-15-20-19(22(21-15)12-5-13-23)14-16-8-10-18(11-9-16)17-6-3-2-4-7-17/h2-4,6-11,23H,5,12-14H2,1H3. The smallest absolute Gasteiger partial charge is 0.147 e. The van der Waals surface area contributed by atoms with Crippen LogP contribution in [0.5, 0.6) is 0 Å². The Morgan fingerprint density at radius 3 is 2.35 bits per heavy atom. The number of hydrogen-bond acceptors (Lipinski definition) is 3. The molecule has 0 atom stereocenters. The summed E-state index contributed by atoms with van der Waals surface area (Å²) in [5.41, 5.74) is 3.65. The highest BCUT2D eigenvalue weighted by molar-refractivity contribution is 5.63. The number of aromatic nitrogens is 3. The molecule has 4 heteroatoms. The second kappa shape index (κ2) is 7.20. The second-order valence-electron chi connectivity index (χ2n) is 5.62. The van der Waals surface area contributed by atoms with Gasteiger partial charge in [0.1, 0.15) is 11.6 Å². The number of rotatable bonds is 6. The normalized spacial score (nSPS) is 10.9. The zero-order valence-corrected chi connectivity index (χ0v) is 13.3. The molecule has 1 heterocycles. The third kappa shape index (κ3) is 3.85. The van der Waals surface area contributed by atoms with Gasteiger partial charge in [0, 0.05) is 19.6 Å². The quantitative estimate of drug-likeness (QED) is 0.760. The summed E-state index contributed by atoms with van der Waals surface area (Å²) in [6.07, 6.45) is 1.45. The van der Waals surface area contributed by atoms with Crippen LogP contribution in [0.4, 0.5) is 0 Å². The first-order valence-electron chi connectivity index (χ1n) is 7.92. The van der Waals surface area contributed by atoms with Crippen molar-refractivity contribution < 1.29 is 5.11 Å². The van der Waals surface area contributed by atoms with Crippen molar-refractivity contribution in [2.45, 2.75) is 26.3 Å². The van der Waals surface area contributed by atoms with Gasteiger partial charge in [0.05, 0.1) is 0 Å². The highest BCUT2D eigenvalue weighted by atomic mass is 16.3. The van der Waals surface area contributed by atoms with Gasteiger partial charge in [-0.3, -0.25) is 0 Å². The van der Waals surface area contributed by atoms with Gasteiger partial charge in [-0.2, -0.15) is 5.10 Å². The average Bonchev–Trinajstić information content (AvgIpc) is 2.94. The van der Waals surface area contributed by atoms with Crippen molar-refractivity contribution in [3.05, 3.63) is 71.8 Å². The van der Waals surface area contributed by atoms with Crippen LogP contribution in [0, 0.1) is 6.92 Å². The number of aliphatic hydroxyl groups excluding tert-OH is 1. The molecule has 0 aliphatic carbocycles. The molecule has 0 aliphatic rings. The van der Waals surface area contributed by atoms with E-state index in [0.717, 1.165) is 18.1 Å². The second-order valence-corrected chi connectivity index (χ2v) is 5.62. The Labute approximate surface area is 136 Å². The third-order valence-electron chi connectivity index (χ3n) is 3.81. The van der Waals surface area contributed by atoms with Crippen molar-refractivity contribution in [2.75, 3.05) is 6.61 Å². The summed E-state index contributed by atoms with van der Waals surface area (Å²) in [7, 11) is 0.